The fourth-order valence-electron chi connectivity index (χ4n) is 7.64. The van der Waals surface area contributed by atoms with Gasteiger partial charge in [0.2, 0.25) is 5.95 Å². The standard InChI is InChI=1S/C47H31N3S2/c1-3-11-41-32(4-2)39-28-31(34-15-10-17-38-36-13-6-8-19-44(36)52-46(34)38)24-25-42(39)50(41)47-48-27-26-40(49-47)30-22-20-29(21-23-30)33-14-9-16-37-35-12-5-7-18-43(35)51-45(33)37/h3-28H,2H2,1H3/b11-3-. The predicted molar refractivity (Wildman–Crippen MR) is 226 cm³/mol. The fraction of sp³-hybridized carbons (Fsp3) is 0.0213. The average Bonchev–Trinajstić information content (AvgIpc) is 3.87. The lowest BCUT2D eigenvalue weighted by molar-refractivity contribution is 0.955. The summed E-state index contributed by atoms with van der Waals surface area (Å²) in [6, 6.07) is 48.1. The Morgan fingerprint density at radius 2 is 1.19 bits per heavy atom. The number of thiophene rings is 2. The molecule has 6 aromatic carbocycles. The highest BCUT2D eigenvalue weighted by atomic mass is 32.1. The molecule has 10 aromatic rings. The molecular weight excluding hydrogens is 671 g/mol. The topological polar surface area (TPSA) is 30.7 Å². The summed E-state index contributed by atoms with van der Waals surface area (Å²) < 4.78 is 7.40. The Balaban J connectivity index is 1.07. The van der Waals surface area contributed by atoms with Gasteiger partial charge in [-0.25, -0.2) is 9.97 Å². The van der Waals surface area contributed by atoms with Crippen molar-refractivity contribution in [3.63, 3.8) is 0 Å². The molecule has 246 valence electrons. The lowest BCUT2D eigenvalue weighted by Gasteiger charge is -2.10. The monoisotopic (exact) mass is 701 g/mol. The van der Waals surface area contributed by atoms with Crippen LogP contribution in [-0.4, -0.2) is 14.5 Å². The van der Waals surface area contributed by atoms with Crippen LogP contribution in [0.4, 0.5) is 0 Å². The third-order valence-electron chi connectivity index (χ3n) is 10.0. The molecule has 0 saturated carbocycles. The van der Waals surface area contributed by atoms with Crippen LogP contribution in [0.3, 0.4) is 0 Å². The predicted octanol–water partition coefficient (Wildman–Crippen LogP) is 13.8. The fourth-order valence-corrected chi connectivity index (χ4v) is 10.1. The molecule has 5 heteroatoms. The molecule has 0 amide bonds. The molecule has 0 bridgehead atoms. The Kier molecular flexibility index (Phi) is 7.24. The second-order valence-electron chi connectivity index (χ2n) is 13.0. The summed E-state index contributed by atoms with van der Waals surface area (Å²) in [5.41, 5.74) is 9.89. The summed E-state index contributed by atoms with van der Waals surface area (Å²) >= 11 is 3.71. The highest BCUT2D eigenvalue weighted by Gasteiger charge is 2.19. The van der Waals surface area contributed by atoms with Gasteiger partial charge < -0.3 is 0 Å². The van der Waals surface area contributed by atoms with Crippen molar-refractivity contribution in [2.24, 2.45) is 0 Å². The number of nitrogens with zero attached hydrogens (tertiary/aromatic N) is 3. The van der Waals surface area contributed by atoms with Crippen LogP contribution in [0.5, 0.6) is 0 Å². The Hall–Kier alpha value is -6.14. The van der Waals surface area contributed by atoms with Crippen molar-refractivity contribution in [2.75, 3.05) is 0 Å². The SMILES string of the molecule is C=Cc1c(/C=C\C)n(-c2nccc(-c3ccc(-c4cccc5c4sc4ccccc45)cc3)n2)c2ccc(-c3cccc4c3sc3ccccc34)cc12. The Bertz CT molecular complexity index is 3050. The molecule has 0 N–H and O–H groups in total. The first-order valence-corrected chi connectivity index (χ1v) is 19.0. The second kappa shape index (κ2) is 12.3. The van der Waals surface area contributed by atoms with Gasteiger partial charge in [-0.15, -0.1) is 22.7 Å². The molecule has 52 heavy (non-hydrogen) atoms. The quantitative estimate of drug-likeness (QED) is 0.173. The maximum atomic E-state index is 5.17. The first-order chi connectivity index (χ1) is 25.7. The van der Waals surface area contributed by atoms with Gasteiger partial charge in [0.1, 0.15) is 0 Å². The molecule has 0 unspecified atom stereocenters. The van der Waals surface area contributed by atoms with E-state index in [-0.39, 0.29) is 0 Å². The van der Waals surface area contributed by atoms with Gasteiger partial charge in [-0.05, 0) is 65.6 Å². The molecule has 0 fully saturated rings. The summed E-state index contributed by atoms with van der Waals surface area (Å²) in [6.07, 6.45) is 8.01. The van der Waals surface area contributed by atoms with E-state index in [1.807, 2.05) is 47.9 Å². The van der Waals surface area contributed by atoms with Crippen molar-refractivity contribution in [1.82, 2.24) is 14.5 Å². The highest BCUT2D eigenvalue weighted by molar-refractivity contribution is 7.26. The van der Waals surface area contributed by atoms with Crippen molar-refractivity contribution in [3.8, 4) is 39.5 Å². The van der Waals surface area contributed by atoms with E-state index in [9.17, 15) is 0 Å². The number of benzene rings is 6. The summed E-state index contributed by atoms with van der Waals surface area (Å²) in [5, 5.41) is 6.34. The van der Waals surface area contributed by atoms with E-state index in [0.29, 0.717) is 5.95 Å². The van der Waals surface area contributed by atoms with Crippen molar-refractivity contribution in [3.05, 3.63) is 164 Å². The minimum atomic E-state index is 0.627. The Labute approximate surface area is 309 Å². The number of hydrogen-bond acceptors (Lipinski definition) is 4. The number of fused-ring (bicyclic) bond motifs is 7. The molecular formula is C47H31N3S2. The minimum absolute atomic E-state index is 0.627. The van der Waals surface area contributed by atoms with Crippen LogP contribution >= 0.6 is 22.7 Å². The zero-order valence-corrected chi connectivity index (χ0v) is 30.0. The number of hydrogen-bond donors (Lipinski definition) is 0. The van der Waals surface area contributed by atoms with E-state index >= 15 is 0 Å². The van der Waals surface area contributed by atoms with Crippen LogP contribution in [0.25, 0.3) is 103 Å². The van der Waals surface area contributed by atoms with Crippen LogP contribution in [0.2, 0.25) is 0 Å². The zero-order chi connectivity index (χ0) is 34.8. The molecule has 4 heterocycles. The normalized spacial score (nSPS) is 11.9. The maximum absolute atomic E-state index is 5.17. The van der Waals surface area contributed by atoms with E-state index in [1.165, 1.54) is 62.6 Å². The zero-order valence-electron chi connectivity index (χ0n) is 28.4. The molecule has 4 aromatic heterocycles. The molecule has 0 saturated heterocycles. The second-order valence-corrected chi connectivity index (χ2v) is 15.1. The van der Waals surface area contributed by atoms with Crippen molar-refractivity contribution >= 4 is 86.1 Å². The van der Waals surface area contributed by atoms with Crippen LogP contribution in [0.15, 0.2) is 152 Å². The van der Waals surface area contributed by atoms with Crippen LogP contribution in [-0.2, 0) is 0 Å². The average molecular weight is 702 g/mol. The summed E-state index contributed by atoms with van der Waals surface area (Å²) in [5.74, 6) is 0.627. The highest BCUT2D eigenvalue weighted by Crippen LogP contribution is 2.43. The summed E-state index contributed by atoms with van der Waals surface area (Å²) in [4.78, 5) is 10.00. The maximum Gasteiger partial charge on any atom is 0.235 e. The van der Waals surface area contributed by atoms with Crippen molar-refractivity contribution in [1.29, 1.82) is 0 Å². The van der Waals surface area contributed by atoms with Crippen LogP contribution in [0.1, 0.15) is 18.2 Å². The van der Waals surface area contributed by atoms with Crippen molar-refractivity contribution < 1.29 is 0 Å². The van der Waals surface area contributed by atoms with Gasteiger partial charge in [0.05, 0.1) is 16.9 Å². The van der Waals surface area contributed by atoms with Crippen LogP contribution in [0, 0.1) is 0 Å². The van der Waals surface area contributed by atoms with Crippen LogP contribution < -0.4 is 0 Å². The van der Waals surface area contributed by atoms with Gasteiger partial charge in [0.25, 0.3) is 0 Å². The van der Waals surface area contributed by atoms with Gasteiger partial charge >= 0.3 is 0 Å². The van der Waals surface area contributed by atoms with E-state index in [1.54, 1.807) is 0 Å². The van der Waals surface area contributed by atoms with E-state index in [4.69, 9.17) is 9.97 Å². The molecule has 0 aliphatic rings. The largest absolute Gasteiger partial charge is 0.278 e. The van der Waals surface area contributed by atoms with Crippen molar-refractivity contribution in [2.45, 2.75) is 6.92 Å². The third-order valence-corrected chi connectivity index (χ3v) is 12.5. The van der Waals surface area contributed by atoms with E-state index < -0.39 is 0 Å². The number of allylic oxidation sites excluding steroid dienone is 1. The number of aromatic nitrogens is 3. The Morgan fingerprint density at radius 1 is 0.596 bits per heavy atom. The summed E-state index contributed by atoms with van der Waals surface area (Å²) in [6.45, 7) is 6.30. The van der Waals surface area contributed by atoms with Gasteiger partial charge in [-0.1, -0.05) is 122 Å². The molecule has 0 radical (unpaired) electrons. The molecule has 0 aliphatic carbocycles. The minimum Gasteiger partial charge on any atom is -0.278 e. The smallest absolute Gasteiger partial charge is 0.235 e. The van der Waals surface area contributed by atoms with Gasteiger partial charge in [-0.2, -0.15) is 0 Å². The molecule has 0 atom stereocenters. The van der Waals surface area contributed by atoms with Gasteiger partial charge in [0.15, 0.2) is 0 Å². The van der Waals surface area contributed by atoms with E-state index in [2.05, 4.69) is 151 Å². The van der Waals surface area contributed by atoms with Gasteiger partial charge in [-0.3, -0.25) is 4.57 Å². The first kappa shape index (κ1) is 30.7. The van der Waals surface area contributed by atoms with E-state index in [0.717, 1.165) is 33.4 Å². The molecule has 10 rings (SSSR count). The Morgan fingerprint density at radius 3 is 1.85 bits per heavy atom. The molecule has 3 nitrogen and oxygen atoms in total. The lowest BCUT2D eigenvalue weighted by Crippen LogP contribution is -2.04. The first-order valence-electron chi connectivity index (χ1n) is 17.4. The molecule has 0 aliphatic heterocycles. The lowest BCUT2D eigenvalue weighted by atomic mass is 10.00. The third kappa shape index (κ3) is 4.78. The molecule has 0 spiro atoms. The number of rotatable bonds is 6. The summed E-state index contributed by atoms with van der Waals surface area (Å²) in [7, 11) is 0. The van der Waals surface area contributed by atoms with Gasteiger partial charge in [0, 0.05) is 63.1 Å².